The van der Waals surface area contributed by atoms with E-state index in [4.69, 9.17) is 20.9 Å². The molecule has 0 atom stereocenters. The van der Waals surface area contributed by atoms with Crippen molar-refractivity contribution in [2.75, 3.05) is 6.61 Å². The van der Waals surface area contributed by atoms with E-state index in [0.717, 1.165) is 0 Å². The number of hydrogen-bond acceptors (Lipinski definition) is 6. The van der Waals surface area contributed by atoms with Crippen molar-refractivity contribution in [2.45, 2.75) is 71.0 Å². The first-order valence-electron chi connectivity index (χ1n) is 7.81. The molecule has 0 saturated heterocycles. The number of amides is 2. The molecule has 0 spiro atoms. The summed E-state index contributed by atoms with van der Waals surface area (Å²) in [6.45, 7) is 6.83. The Morgan fingerprint density at radius 2 is 1.33 bits per heavy atom. The molecule has 0 aromatic heterocycles. The van der Waals surface area contributed by atoms with Crippen LogP contribution in [0.5, 0.6) is 0 Å². The van der Waals surface area contributed by atoms with Gasteiger partial charge in [0.15, 0.2) is 5.78 Å². The molecule has 24 heavy (non-hydrogen) atoms. The molecule has 0 unspecified atom stereocenters. The van der Waals surface area contributed by atoms with Crippen molar-refractivity contribution >= 4 is 23.6 Å². The van der Waals surface area contributed by atoms with Gasteiger partial charge in [0.25, 0.3) is 0 Å². The molecule has 8 heteroatoms. The Bertz CT molecular complexity index is 485. The summed E-state index contributed by atoms with van der Waals surface area (Å²) < 4.78 is 10.8. The van der Waals surface area contributed by atoms with Gasteiger partial charge in [0.1, 0.15) is 11.2 Å². The molecular weight excluding hydrogens is 316 g/mol. The molecule has 0 fully saturated rings. The van der Waals surface area contributed by atoms with Gasteiger partial charge in [-0.15, -0.1) is 0 Å². The molecular formula is C16H28N2O6. The van der Waals surface area contributed by atoms with Crippen LogP contribution in [0.2, 0.25) is 0 Å². The molecule has 0 aromatic carbocycles. The maximum atomic E-state index is 12.0. The average Bonchev–Trinajstić information content (AvgIpc) is 2.41. The van der Waals surface area contributed by atoms with Crippen molar-refractivity contribution in [3.8, 4) is 0 Å². The molecule has 138 valence electrons. The van der Waals surface area contributed by atoms with Crippen molar-refractivity contribution in [3.63, 3.8) is 0 Å². The fourth-order valence-electron chi connectivity index (χ4n) is 1.81. The highest BCUT2D eigenvalue weighted by Crippen LogP contribution is 2.20. The summed E-state index contributed by atoms with van der Waals surface area (Å²) in [5, 5.41) is 0. The van der Waals surface area contributed by atoms with E-state index in [0.29, 0.717) is 6.42 Å². The van der Waals surface area contributed by atoms with E-state index in [-0.39, 0.29) is 38.1 Å². The third-order valence-corrected chi connectivity index (χ3v) is 3.40. The van der Waals surface area contributed by atoms with Crippen LogP contribution in [0.4, 0.5) is 0 Å². The summed E-state index contributed by atoms with van der Waals surface area (Å²) >= 11 is 0. The van der Waals surface area contributed by atoms with Crippen LogP contribution >= 0.6 is 0 Å². The van der Waals surface area contributed by atoms with Crippen molar-refractivity contribution in [2.24, 2.45) is 11.5 Å². The second kappa shape index (κ2) is 9.36. The lowest BCUT2D eigenvalue weighted by molar-refractivity contribution is -0.161. The molecule has 8 nitrogen and oxygen atoms in total. The molecule has 0 radical (unpaired) electrons. The van der Waals surface area contributed by atoms with Gasteiger partial charge in [-0.1, -0.05) is 0 Å². The average molecular weight is 344 g/mol. The van der Waals surface area contributed by atoms with Crippen LogP contribution in [-0.4, -0.2) is 41.4 Å². The Hall–Kier alpha value is -1.96. The second-order valence-corrected chi connectivity index (χ2v) is 6.70. The third kappa shape index (κ3) is 9.94. The molecule has 0 aliphatic heterocycles. The number of nitrogens with two attached hydrogens (primary N) is 2. The van der Waals surface area contributed by atoms with E-state index in [2.05, 4.69) is 0 Å². The normalized spacial score (nSPS) is 11.8. The zero-order valence-corrected chi connectivity index (χ0v) is 14.8. The quantitative estimate of drug-likeness (QED) is 0.497. The van der Waals surface area contributed by atoms with E-state index in [1.54, 1.807) is 27.7 Å². The number of primary amides is 2. The Labute approximate surface area is 142 Å². The summed E-state index contributed by atoms with van der Waals surface area (Å²) in [5.74, 6) is -1.85. The van der Waals surface area contributed by atoms with Gasteiger partial charge in [0.05, 0.1) is 13.0 Å². The monoisotopic (exact) mass is 344 g/mol. The fraction of sp³-hybridized carbons (Fsp3) is 0.750. The number of hydrogen-bond donors (Lipinski definition) is 2. The Morgan fingerprint density at radius 3 is 1.83 bits per heavy atom. The number of carbonyl (C=O) groups excluding carboxylic acids is 4. The number of rotatable bonds is 12. The first-order valence-corrected chi connectivity index (χ1v) is 7.81. The maximum Gasteiger partial charge on any atom is 0.306 e. The van der Waals surface area contributed by atoms with Gasteiger partial charge in [-0.05, 0) is 27.7 Å². The number of Topliss-reactive ketones (excluding diaryl/α,β-unsaturated/α-hetero) is 1. The zero-order valence-electron chi connectivity index (χ0n) is 14.8. The van der Waals surface area contributed by atoms with Gasteiger partial charge >= 0.3 is 5.97 Å². The van der Waals surface area contributed by atoms with Gasteiger partial charge in [-0.2, -0.15) is 0 Å². The van der Waals surface area contributed by atoms with Crippen molar-refractivity contribution in [3.05, 3.63) is 0 Å². The van der Waals surface area contributed by atoms with E-state index in [1.165, 1.54) is 0 Å². The first kappa shape index (κ1) is 22.0. The highest BCUT2D eigenvalue weighted by atomic mass is 16.6. The van der Waals surface area contributed by atoms with Crippen LogP contribution in [0.15, 0.2) is 0 Å². The molecule has 2 amide bonds. The highest BCUT2D eigenvalue weighted by Gasteiger charge is 2.30. The lowest BCUT2D eigenvalue weighted by Crippen LogP contribution is -2.38. The van der Waals surface area contributed by atoms with Gasteiger partial charge < -0.3 is 20.9 Å². The van der Waals surface area contributed by atoms with E-state index >= 15 is 0 Å². The second-order valence-electron chi connectivity index (χ2n) is 6.70. The molecule has 0 rings (SSSR count). The lowest BCUT2D eigenvalue weighted by atomic mass is 9.98. The summed E-state index contributed by atoms with van der Waals surface area (Å²) in [6.07, 6.45) is 0.230. The minimum Gasteiger partial charge on any atom is -0.460 e. The maximum absolute atomic E-state index is 12.0. The first-order chi connectivity index (χ1) is 10.9. The largest absolute Gasteiger partial charge is 0.460 e. The molecule has 0 saturated carbocycles. The van der Waals surface area contributed by atoms with Crippen molar-refractivity contribution < 1.29 is 28.7 Å². The predicted octanol–water partition coefficient (Wildman–Crippen LogP) is 0.594. The minimum atomic E-state index is -1.05. The number of carbonyl (C=O) groups is 4. The molecule has 0 bridgehead atoms. The lowest BCUT2D eigenvalue weighted by Gasteiger charge is -2.28. The Kier molecular flexibility index (Phi) is 8.60. The van der Waals surface area contributed by atoms with Crippen LogP contribution < -0.4 is 11.5 Å². The standard InChI is InChI=1S/C16H28N2O6/c1-15(2,24-14(22)8-7-13(18)21)9-10-23-16(3,4)11(19)5-6-12(17)20/h5-10H2,1-4H3,(H2,17,20)(H2,18,21). The van der Waals surface area contributed by atoms with Crippen LogP contribution in [-0.2, 0) is 28.7 Å². The molecule has 0 heterocycles. The van der Waals surface area contributed by atoms with Crippen molar-refractivity contribution in [1.29, 1.82) is 0 Å². The van der Waals surface area contributed by atoms with Crippen LogP contribution in [0.1, 0.15) is 59.8 Å². The SMILES string of the molecule is CC(C)(CCOC(C)(C)C(=O)CCC(N)=O)OC(=O)CCC(N)=O. The van der Waals surface area contributed by atoms with Crippen molar-refractivity contribution in [1.82, 2.24) is 0 Å². The molecule has 4 N–H and O–H groups in total. The zero-order chi connectivity index (χ0) is 19.0. The van der Waals surface area contributed by atoms with Crippen LogP contribution in [0, 0.1) is 0 Å². The summed E-state index contributed by atoms with van der Waals surface area (Å²) in [7, 11) is 0. The van der Waals surface area contributed by atoms with E-state index < -0.39 is 29.0 Å². The van der Waals surface area contributed by atoms with Crippen LogP contribution in [0.3, 0.4) is 0 Å². The molecule has 0 aliphatic carbocycles. The van der Waals surface area contributed by atoms with E-state index in [1.807, 2.05) is 0 Å². The molecule has 0 aliphatic rings. The molecule has 0 aromatic rings. The van der Waals surface area contributed by atoms with Crippen LogP contribution in [0.25, 0.3) is 0 Å². The number of esters is 1. The van der Waals surface area contributed by atoms with E-state index in [9.17, 15) is 19.2 Å². The predicted molar refractivity (Wildman–Crippen MR) is 86.7 cm³/mol. The topological polar surface area (TPSA) is 139 Å². The summed E-state index contributed by atoms with van der Waals surface area (Å²) in [6, 6.07) is 0. The fourth-order valence-corrected chi connectivity index (χ4v) is 1.81. The number of ether oxygens (including phenoxy) is 2. The van der Waals surface area contributed by atoms with Gasteiger partial charge in [-0.25, -0.2) is 0 Å². The summed E-state index contributed by atoms with van der Waals surface area (Å²) in [4.78, 5) is 45.0. The number of ketones is 1. The van der Waals surface area contributed by atoms with Gasteiger partial charge in [0, 0.05) is 25.7 Å². The third-order valence-electron chi connectivity index (χ3n) is 3.40. The Balaban J connectivity index is 4.30. The summed E-state index contributed by atoms with van der Waals surface area (Å²) in [5.41, 5.74) is 8.14. The van der Waals surface area contributed by atoms with Gasteiger partial charge in [-0.3, -0.25) is 19.2 Å². The minimum absolute atomic E-state index is 0.0193. The highest BCUT2D eigenvalue weighted by molar-refractivity contribution is 5.89. The van der Waals surface area contributed by atoms with Gasteiger partial charge in [0.2, 0.25) is 11.8 Å². The Morgan fingerprint density at radius 1 is 0.833 bits per heavy atom. The smallest absolute Gasteiger partial charge is 0.306 e.